The Kier molecular flexibility index (Phi) is 5.73. The Morgan fingerprint density at radius 3 is 2.85 bits per heavy atom. The van der Waals surface area contributed by atoms with Crippen molar-refractivity contribution in [3.63, 3.8) is 0 Å². The van der Waals surface area contributed by atoms with Gasteiger partial charge in [-0.25, -0.2) is 4.98 Å². The second-order valence-electron chi connectivity index (χ2n) is 6.89. The predicted molar refractivity (Wildman–Crippen MR) is 104 cm³/mol. The maximum absolute atomic E-state index is 10.7. The number of carboxylic acids is 1. The first kappa shape index (κ1) is 18.9. The summed E-state index contributed by atoms with van der Waals surface area (Å²) in [6.07, 6.45) is 13.7. The summed E-state index contributed by atoms with van der Waals surface area (Å²) in [5, 5.41) is 16.9. The summed E-state index contributed by atoms with van der Waals surface area (Å²) in [6, 6.07) is 2.05. The molecule has 0 saturated heterocycles. The molecular weight excluding hydrogens is 344 g/mol. The zero-order valence-electron chi connectivity index (χ0n) is 14.5. The molecule has 0 amide bonds. The van der Waals surface area contributed by atoms with Gasteiger partial charge in [0.05, 0.1) is 11.9 Å². The fraction of sp³-hybridized carbons (Fsp3) is 0.474. The van der Waals surface area contributed by atoms with E-state index >= 15 is 0 Å². The first-order valence-electron chi connectivity index (χ1n) is 9.00. The van der Waals surface area contributed by atoms with Crippen LogP contribution in [0.15, 0.2) is 30.9 Å². The molecule has 2 N–H and O–H groups in total. The lowest BCUT2D eigenvalue weighted by molar-refractivity contribution is -0.137. The third kappa shape index (κ3) is 4.45. The zero-order chi connectivity index (χ0) is 17.9. The van der Waals surface area contributed by atoms with Crippen molar-refractivity contribution in [3.8, 4) is 0 Å². The van der Waals surface area contributed by atoms with Gasteiger partial charge in [-0.2, -0.15) is 10.1 Å². The minimum Gasteiger partial charge on any atom is -0.480 e. The summed E-state index contributed by atoms with van der Waals surface area (Å²) in [5.74, 6) is 0.272. The van der Waals surface area contributed by atoms with Gasteiger partial charge in [0.2, 0.25) is 5.95 Å². The number of hydrogen-bond acceptors (Lipinski definition) is 5. The van der Waals surface area contributed by atoms with Crippen LogP contribution in [-0.2, 0) is 17.9 Å². The summed E-state index contributed by atoms with van der Waals surface area (Å²) in [4.78, 5) is 19.7. The van der Waals surface area contributed by atoms with Crippen LogP contribution in [0.2, 0.25) is 0 Å². The molecule has 0 aromatic carbocycles. The number of anilines is 2. The highest BCUT2D eigenvalue weighted by Gasteiger charge is 2.15. The molecule has 27 heavy (non-hydrogen) atoms. The van der Waals surface area contributed by atoms with E-state index in [2.05, 4.69) is 31.1 Å². The van der Waals surface area contributed by atoms with Crippen LogP contribution in [0.1, 0.15) is 39.5 Å². The highest BCUT2D eigenvalue weighted by Crippen LogP contribution is 2.26. The summed E-state index contributed by atoms with van der Waals surface area (Å²) in [6.45, 7) is 0.822. The third-order valence-corrected chi connectivity index (χ3v) is 4.87. The molecule has 0 unspecified atom stereocenters. The average Bonchev–Trinajstić information content (AvgIpc) is 3.22. The van der Waals surface area contributed by atoms with E-state index in [1.165, 1.54) is 36.8 Å². The molecule has 0 radical (unpaired) electrons. The molecule has 0 bridgehead atoms. The minimum absolute atomic E-state index is 0. The van der Waals surface area contributed by atoms with E-state index in [1.54, 1.807) is 12.4 Å². The van der Waals surface area contributed by atoms with E-state index in [4.69, 9.17) is 5.11 Å². The SMILES string of the molecule is C.O=C(O)Cn1cc(Nc2ncc3ccn(CC4CCCCC4)c3n2)cn1. The van der Waals surface area contributed by atoms with Gasteiger partial charge in [0.1, 0.15) is 12.2 Å². The Bertz CT molecular complexity index is 910. The summed E-state index contributed by atoms with van der Waals surface area (Å²) in [5.41, 5.74) is 1.59. The van der Waals surface area contributed by atoms with Crippen LogP contribution in [0.25, 0.3) is 11.0 Å². The molecule has 3 aromatic rings. The Balaban J connectivity index is 0.00000210. The Morgan fingerprint density at radius 1 is 1.26 bits per heavy atom. The number of nitrogens with zero attached hydrogens (tertiary/aromatic N) is 5. The smallest absolute Gasteiger partial charge is 0.325 e. The monoisotopic (exact) mass is 370 g/mol. The van der Waals surface area contributed by atoms with Gasteiger partial charge < -0.3 is 15.0 Å². The van der Waals surface area contributed by atoms with Gasteiger partial charge >= 0.3 is 5.97 Å². The highest BCUT2D eigenvalue weighted by molar-refractivity contribution is 5.76. The van der Waals surface area contributed by atoms with Gasteiger partial charge in [-0.05, 0) is 24.8 Å². The molecule has 3 heterocycles. The number of carbonyl (C=O) groups is 1. The number of rotatable bonds is 6. The van der Waals surface area contributed by atoms with E-state index < -0.39 is 5.97 Å². The van der Waals surface area contributed by atoms with Gasteiger partial charge in [0.15, 0.2) is 0 Å². The van der Waals surface area contributed by atoms with E-state index in [0.29, 0.717) is 11.6 Å². The molecule has 8 heteroatoms. The average molecular weight is 370 g/mol. The van der Waals surface area contributed by atoms with E-state index in [0.717, 1.165) is 23.5 Å². The van der Waals surface area contributed by atoms with Gasteiger partial charge in [0, 0.05) is 30.5 Å². The van der Waals surface area contributed by atoms with Gasteiger partial charge in [0.25, 0.3) is 0 Å². The van der Waals surface area contributed by atoms with Crippen LogP contribution in [0.4, 0.5) is 11.6 Å². The van der Waals surface area contributed by atoms with Crippen LogP contribution < -0.4 is 5.32 Å². The summed E-state index contributed by atoms with van der Waals surface area (Å²) in [7, 11) is 0. The summed E-state index contributed by atoms with van der Waals surface area (Å²) >= 11 is 0. The van der Waals surface area contributed by atoms with Crippen LogP contribution >= 0.6 is 0 Å². The van der Waals surface area contributed by atoms with Crippen molar-refractivity contribution < 1.29 is 9.90 Å². The Morgan fingerprint density at radius 2 is 2.07 bits per heavy atom. The number of nitrogens with one attached hydrogen (secondary N) is 1. The molecule has 0 atom stereocenters. The molecule has 144 valence electrons. The molecule has 4 rings (SSSR count). The van der Waals surface area contributed by atoms with Crippen molar-refractivity contribution in [1.29, 1.82) is 0 Å². The quantitative estimate of drug-likeness (QED) is 0.687. The maximum atomic E-state index is 10.7. The van der Waals surface area contributed by atoms with Crippen LogP contribution in [-0.4, -0.2) is 35.4 Å². The van der Waals surface area contributed by atoms with Crippen LogP contribution in [0, 0.1) is 5.92 Å². The molecule has 8 nitrogen and oxygen atoms in total. The molecule has 1 fully saturated rings. The third-order valence-electron chi connectivity index (χ3n) is 4.87. The number of carboxylic acid groups (broad SMARTS) is 1. The fourth-order valence-corrected chi connectivity index (χ4v) is 3.61. The normalized spacial score (nSPS) is 14.8. The van der Waals surface area contributed by atoms with E-state index in [9.17, 15) is 4.79 Å². The maximum Gasteiger partial charge on any atom is 0.325 e. The van der Waals surface area contributed by atoms with Gasteiger partial charge in [-0.1, -0.05) is 26.7 Å². The molecule has 1 aliphatic carbocycles. The molecule has 3 aromatic heterocycles. The number of fused-ring (bicyclic) bond motifs is 1. The van der Waals surface area contributed by atoms with Crippen molar-refractivity contribution in [2.24, 2.45) is 5.92 Å². The van der Waals surface area contributed by atoms with Crippen LogP contribution in [0.5, 0.6) is 0 Å². The number of aromatic nitrogens is 5. The lowest BCUT2D eigenvalue weighted by atomic mass is 9.89. The number of hydrogen-bond donors (Lipinski definition) is 2. The molecule has 1 aliphatic rings. The van der Waals surface area contributed by atoms with Crippen molar-refractivity contribution in [1.82, 2.24) is 24.3 Å². The Labute approximate surface area is 158 Å². The second kappa shape index (κ2) is 8.20. The standard InChI is InChI=1S/C18H22N6O2.CH4/c25-16(26)12-24-11-15(9-20-24)21-18-19-8-14-6-7-23(17(14)22-18)10-13-4-2-1-3-5-13;/h6-9,11,13H,1-5,10,12H2,(H,25,26)(H,19,21,22);1H4. The van der Waals surface area contributed by atoms with Crippen molar-refractivity contribution in [2.45, 2.75) is 52.6 Å². The van der Waals surface area contributed by atoms with Gasteiger partial charge in [-0.3, -0.25) is 9.48 Å². The van der Waals surface area contributed by atoms with Crippen molar-refractivity contribution >= 4 is 28.6 Å². The molecular formula is C19H26N6O2. The molecule has 0 spiro atoms. The van der Waals surface area contributed by atoms with Crippen LogP contribution in [0.3, 0.4) is 0 Å². The van der Waals surface area contributed by atoms with Gasteiger partial charge in [-0.15, -0.1) is 0 Å². The van der Waals surface area contributed by atoms with Crippen molar-refractivity contribution in [2.75, 3.05) is 5.32 Å². The lowest BCUT2D eigenvalue weighted by Crippen LogP contribution is -2.14. The largest absolute Gasteiger partial charge is 0.480 e. The predicted octanol–water partition coefficient (Wildman–Crippen LogP) is 3.67. The fourth-order valence-electron chi connectivity index (χ4n) is 3.61. The van der Waals surface area contributed by atoms with Crippen molar-refractivity contribution in [3.05, 3.63) is 30.9 Å². The summed E-state index contributed by atoms with van der Waals surface area (Å²) < 4.78 is 3.57. The first-order chi connectivity index (χ1) is 12.7. The van der Waals surface area contributed by atoms with E-state index in [1.807, 2.05) is 12.3 Å². The highest BCUT2D eigenvalue weighted by atomic mass is 16.4. The first-order valence-corrected chi connectivity index (χ1v) is 9.00. The zero-order valence-corrected chi connectivity index (χ0v) is 14.5. The molecule has 0 aliphatic heterocycles. The minimum atomic E-state index is -0.933. The topological polar surface area (TPSA) is 97.9 Å². The lowest BCUT2D eigenvalue weighted by Gasteiger charge is -2.22. The molecule has 1 saturated carbocycles. The second-order valence-corrected chi connectivity index (χ2v) is 6.89. The Hall–Kier alpha value is -2.90. The van der Waals surface area contributed by atoms with E-state index in [-0.39, 0.29) is 14.0 Å². The number of aliphatic carboxylic acids is 1.